The van der Waals surface area contributed by atoms with Crippen molar-refractivity contribution < 1.29 is 4.39 Å². The van der Waals surface area contributed by atoms with E-state index < -0.39 is 5.82 Å². The van der Waals surface area contributed by atoms with E-state index in [1.165, 1.54) is 18.3 Å². The lowest BCUT2D eigenvalue weighted by Gasteiger charge is -2.07. The zero-order chi connectivity index (χ0) is 12.4. The van der Waals surface area contributed by atoms with Crippen LogP contribution in [-0.2, 0) is 0 Å². The summed E-state index contributed by atoms with van der Waals surface area (Å²) < 4.78 is 13.5. The predicted molar refractivity (Wildman–Crippen MR) is 62.1 cm³/mol. The van der Waals surface area contributed by atoms with Gasteiger partial charge in [-0.2, -0.15) is 0 Å². The van der Waals surface area contributed by atoms with Crippen LogP contribution in [0.25, 0.3) is 11.3 Å². The topological polar surface area (TPSA) is 58.6 Å². The minimum atomic E-state index is -0.486. The highest BCUT2D eigenvalue weighted by Crippen LogP contribution is 2.19. The Morgan fingerprint density at radius 3 is 2.82 bits per heavy atom. The summed E-state index contributed by atoms with van der Waals surface area (Å²) in [5.74, 6) is 0.136. The number of hydrogen-bond acceptors (Lipinski definition) is 3. The zero-order valence-corrected chi connectivity index (χ0v) is 9.57. The molecule has 0 bridgehead atoms. The van der Waals surface area contributed by atoms with Crippen molar-refractivity contribution in [1.29, 1.82) is 0 Å². The second-order valence-electron chi connectivity index (χ2n) is 4.03. The number of aromatic amines is 1. The number of nitrogens with zero attached hydrogens (tertiary/aromatic N) is 2. The number of H-pyrrole nitrogens is 1. The minimum Gasteiger partial charge on any atom is -0.310 e. The van der Waals surface area contributed by atoms with Crippen molar-refractivity contribution in [3.05, 3.63) is 46.5 Å². The van der Waals surface area contributed by atoms with E-state index in [-0.39, 0.29) is 17.0 Å². The monoisotopic (exact) mass is 233 g/mol. The van der Waals surface area contributed by atoms with Crippen molar-refractivity contribution >= 4 is 0 Å². The average molecular weight is 233 g/mol. The molecule has 0 aliphatic carbocycles. The van der Waals surface area contributed by atoms with Crippen molar-refractivity contribution in [2.45, 2.75) is 19.8 Å². The molecule has 4 nitrogen and oxygen atoms in total. The van der Waals surface area contributed by atoms with E-state index in [1.807, 2.05) is 13.8 Å². The Bertz CT molecular complexity index is 592. The molecule has 0 amide bonds. The van der Waals surface area contributed by atoms with Crippen LogP contribution in [0.2, 0.25) is 0 Å². The number of hydrogen-bond donors (Lipinski definition) is 1. The minimum absolute atomic E-state index is 0.0764. The first kappa shape index (κ1) is 11.4. The van der Waals surface area contributed by atoms with Crippen LogP contribution < -0.4 is 5.56 Å². The summed E-state index contributed by atoms with van der Waals surface area (Å²) in [4.78, 5) is 22.0. The first-order chi connectivity index (χ1) is 8.08. The third-order valence-corrected chi connectivity index (χ3v) is 2.36. The molecule has 0 atom stereocenters. The Balaban J connectivity index is 2.60. The maximum Gasteiger partial charge on any atom is 0.251 e. The quantitative estimate of drug-likeness (QED) is 0.864. The Labute approximate surface area is 97.6 Å². The smallest absolute Gasteiger partial charge is 0.251 e. The molecule has 1 N–H and O–H groups in total. The summed E-state index contributed by atoms with van der Waals surface area (Å²) in [7, 11) is 0. The van der Waals surface area contributed by atoms with E-state index in [2.05, 4.69) is 15.0 Å². The molecule has 0 saturated heterocycles. The van der Waals surface area contributed by atoms with Crippen LogP contribution in [0.4, 0.5) is 4.39 Å². The second kappa shape index (κ2) is 4.45. The van der Waals surface area contributed by atoms with E-state index in [4.69, 9.17) is 0 Å². The highest BCUT2D eigenvalue weighted by Gasteiger charge is 2.10. The van der Waals surface area contributed by atoms with Gasteiger partial charge < -0.3 is 4.98 Å². The maximum absolute atomic E-state index is 13.5. The van der Waals surface area contributed by atoms with Gasteiger partial charge in [-0.1, -0.05) is 13.8 Å². The Morgan fingerprint density at radius 1 is 1.41 bits per heavy atom. The van der Waals surface area contributed by atoms with E-state index in [0.29, 0.717) is 11.5 Å². The summed E-state index contributed by atoms with van der Waals surface area (Å²) in [6, 6.07) is 2.78. The van der Waals surface area contributed by atoms with Gasteiger partial charge in [0.05, 0.1) is 11.9 Å². The van der Waals surface area contributed by atoms with Crippen LogP contribution in [0.3, 0.4) is 0 Å². The second-order valence-corrected chi connectivity index (χ2v) is 4.03. The van der Waals surface area contributed by atoms with Gasteiger partial charge in [0, 0.05) is 23.7 Å². The van der Waals surface area contributed by atoms with Gasteiger partial charge in [0.15, 0.2) is 5.82 Å². The first-order valence-corrected chi connectivity index (χ1v) is 5.29. The van der Waals surface area contributed by atoms with Gasteiger partial charge in [0.1, 0.15) is 5.82 Å². The normalized spacial score (nSPS) is 10.8. The molecule has 0 unspecified atom stereocenters. The molecular formula is C12H12FN3O. The number of pyridine rings is 1. The number of rotatable bonds is 2. The van der Waals surface area contributed by atoms with Crippen molar-refractivity contribution in [3.8, 4) is 11.3 Å². The summed E-state index contributed by atoms with van der Waals surface area (Å²) in [6.07, 6.45) is 2.57. The predicted octanol–water partition coefficient (Wildman–Crippen LogP) is 2.09. The number of nitrogens with one attached hydrogen (secondary N) is 1. The van der Waals surface area contributed by atoms with Crippen molar-refractivity contribution in [3.63, 3.8) is 0 Å². The fourth-order valence-electron chi connectivity index (χ4n) is 1.47. The van der Waals surface area contributed by atoms with Crippen LogP contribution in [0, 0.1) is 5.82 Å². The van der Waals surface area contributed by atoms with Crippen molar-refractivity contribution in [2.75, 3.05) is 0 Å². The van der Waals surface area contributed by atoms with Gasteiger partial charge in [-0.3, -0.25) is 9.78 Å². The summed E-state index contributed by atoms with van der Waals surface area (Å²) in [6.45, 7) is 3.82. The molecule has 2 heterocycles. The molecular weight excluding hydrogens is 221 g/mol. The maximum atomic E-state index is 13.5. The fourth-order valence-corrected chi connectivity index (χ4v) is 1.47. The van der Waals surface area contributed by atoms with E-state index in [0.717, 1.165) is 6.20 Å². The third-order valence-electron chi connectivity index (χ3n) is 2.36. The molecule has 0 saturated carbocycles. The summed E-state index contributed by atoms with van der Waals surface area (Å²) >= 11 is 0. The van der Waals surface area contributed by atoms with Crippen molar-refractivity contribution in [1.82, 2.24) is 15.0 Å². The lowest BCUT2D eigenvalue weighted by atomic mass is 10.1. The SMILES string of the molecule is CC(C)c1nc(-c2ccncc2F)cc(=O)[nH]1. The van der Waals surface area contributed by atoms with E-state index in [1.54, 1.807) is 0 Å². The highest BCUT2D eigenvalue weighted by atomic mass is 19.1. The van der Waals surface area contributed by atoms with E-state index >= 15 is 0 Å². The number of aromatic nitrogens is 3. The van der Waals surface area contributed by atoms with Crippen LogP contribution in [0.5, 0.6) is 0 Å². The molecule has 0 aromatic carbocycles. The fraction of sp³-hybridized carbons (Fsp3) is 0.250. The molecule has 0 fully saturated rings. The molecule has 0 aliphatic rings. The standard InChI is InChI=1S/C12H12FN3O/c1-7(2)12-15-10(5-11(17)16-12)8-3-4-14-6-9(8)13/h3-7H,1-2H3,(H,15,16,17). The molecule has 88 valence electrons. The average Bonchev–Trinajstić information content (AvgIpc) is 2.28. The van der Waals surface area contributed by atoms with Crippen molar-refractivity contribution in [2.24, 2.45) is 0 Å². The molecule has 2 aromatic heterocycles. The van der Waals surface area contributed by atoms with Gasteiger partial charge in [0.25, 0.3) is 5.56 Å². The first-order valence-electron chi connectivity index (χ1n) is 5.29. The molecule has 5 heteroatoms. The third kappa shape index (κ3) is 2.38. The molecule has 2 rings (SSSR count). The molecule has 0 radical (unpaired) electrons. The van der Waals surface area contributed by atoms with Crippen LogP contribution >= 0.6 is 0 Å². The Kier molecular flexibility index (Phi) is 2.99. The Hall–Kier alpha value is -2.04. The van der Waals surface area contributed by atoms with Gasteiger partial charge in [0.2, 0.25) is 0 Å². The van der Waals surface area contributed by atoms with Gasteiger partial charge in [-0.15, -0.1) is 0 Å². The summed E-state index contributed by atoms with van der Waals surface area (Å²) in [5.41, 5.74) is 0.334. The van der Waals surface area contributed by atoms with Gasteiger partial charge in [-0.05, 0) is 6.07 Å². The molecule has 2 aromatic rings. The van der Waals surface area contributed by atoms with Gasteiger partial charge >= 0.3 is 0 Å². The van der Waals surface area contributed by atoms with Crippen LogP contribution in [0.15, 0.2) is 29.3 Å². The molecule has 17 heavy (non-hydrogen) atoms. The lowest BCUT2D eigenvalue weighted by molar-refractivity contribution is 0.624. The lowest BCUT2D eigenvalue weighted by Crippen LogP contribution is -2.12. The number of halogens is 1. The summed E-state index contributed by atoms with van der Waals surface area (Å²) in [5, 5.41) is 0. The van der Waals surface area contributed by atoms with Crippen LogP contribution in [-0.4, -0.2) is 15.0 Å². The Morgan fingerprint density at radius 2 is 2.18 bits per heavy atom. The van der Waals surface area contributed by atoms with E-state index in [9.17, 15) is 9.18 Å². The zero-order valence-electron chi connectivity index (χ0n) is 9.57. The highest BCUT2D eigenvalue weighted by molar-refractivity contribution is 5.58. The largest absolute Gasteiger partial charge is 0.310 e. The van der Waals surface area contributed by atoms with Crippen LogP contribution in [0.1, 0.15) is 25.6 Å². The molecule has 0 aliphatic heterocycles. The van der Waals surface area contributed by atoms with Gasteiger partial charge in [-0.25, -0.2) is 9.37 Å². The molecule has 0 spiro atoms.